The molecule has 1 atom stereocenters. The molecule has 8 heteroatoms. The number of carbonyl (C=O) groups is 1. The van der Waals surface area contributed by atoms with Crippen molar-refractivity contribution >= 4 is 34.8 Å². The number of nitrogens with zero attached hydrogens (tertiary/aromatic N) is 1. The van der Waals surface area contributed by atoms with Gasteiger partial charge in [-0.05, 0) is 23.6 Å². The van der Waals surface area contributed by atoms with Crippen molar-refractivity contribution < 1.29 is 18.0 Å². The summed E-state index contributed by atoms with van der Waals surface area (Å²) in [5, 5.41) is 4.18. The third kappa shape index (κ3) is 3.48. The molecule has 0 bridgehead atoms. The van der Waals surface area contributed by atoms with Crippen LogP contribution in [0.5, 0.6) is 0 Å². The Morgan fingerprint density at radius 1 is 1.22 bits per heavy atom. The number of para-hydroxylation sites is 1. The van der Waals surface area contributed by atoms with Crippen LogP contribution in [0.4, 0.5) is 23.7 Å². The molecule has 2 heterocycles. The first kappa shape index (κ1) is 16.2. The van der Waals surface area contributed by atoms with E-state index in [2.05, 4.69) is 5.32 Å². The highest BCUT2D eigenvalue weighted by atomic mass is 32.2. The molecule has 1 saturated heterocycles. The Morgan fingerprint density at radius 2 is 2.00 bits per heavy atom. The van der Waals surface area contributed by atoms with E-state index >= 15 is 0 Å². The average molecular weight is 358 g/mol. The van der Waals surface area contributed by atoms with Gasteiger partial charge < -0.3 is 10.2 Å². The number of thioether (sulfide) groups is 1. The molecule has 2 aromatic rings. The molecule has 0 radical (unpaired) electrons. The zero-order valence-electron chi connectivity index (χ0n) is 11.8. The van der Waals surface area contributed by atoms with Crippen molar-refractivity contribution in [3.63, 3.8) is 0 Å². The number of amides is 2. The highest BCUT2D eigenvalue weighted by molar-refractivity contribution is 7.99. The second-order valence-corrected chi connectivity index (χ2v) is 7.07. The lowest BCUT2D eigenvalue weighted by Crippen LogP contribution is -2.34. The Balaban J connectivity index is 1.80. The van der Waals surface area contributed by atoms with Gasteiger partial charge in [0.25, 0.3) is 0 Å². The minimum Gasteiger partial charge on any atom is -0.307 e. The molecule has 0 aliphatic carbocycles. The largest absolute Gasteiger partial charge is 0.418 e. The number of urea groups is 1. The van der Waals surface area contributed by atoms with E-state index in [0.29, 0.717) is 6.54 Å². The number of hydrogen-bond donors (Lipinski definition) is 1. The zero-order valence-corrected chi connectivity index (χ0v) is 13.5. The highest BCUT2D eigenvalue weighted by Gasteiger charge is 2.35. The van der Waals surface area contributed by atoms with Crippen molar-refractivity contribution in [1.29, 1.82) is 0 Å². The molecule has 1 unspecified atom stereocenters. The van der Waals surface area contributed by atoms with Gasteiger partial charge in [-0.25, -0.2) is 4.79 Å². The Kier molecular flexibility index (Phi) is 4.54. The lowest BCUT2D eigenvalue weighted by molar-refractivity contribution is -0.136. The van der Waals surface area contributed by atoms with Crippen molar-refractivity contribution in [2.24, 2.45) is 0 Å². The summed E-state index contributed by atoms with van der Waals surface area (Å²) in [5.74, 6) is 0.761. The lowest BCUT2D eigenvalue weighted by atomic mass is 10.1. The monoisotopic (exact) mass is 358 g/mol. The molecule has 23 heavy (non-hydrogen) atoms. The van der Waals surface area contributed by atoms with Crippen molar-refractivity contribution in [1.82, 2.24) is 4.90 Å². The van der Waals surface area contributed by atoms with Crippen LogP contribution in [0, 0.1) is 0 Å². The van der Waals surface area contributed by atoms with Crippen LogP contribution in [0.15, 0.2) is 41.8 Å². The molecule has 1 aliphatic heterocycles. The highest BCUT2D eigenvalue weighted by Crippen LogP contribution is 2.41. The van der Waals surface area contributed by atoms with Crippen LogP contribution in [0.25, 0.3) is 0 Å². The van der Waals surface area contributed by atoms with Gasteiger partial charge >= 0.3 is 12.2 Å². The van der Waals surface area contributed by atoms with E-state index < -0.39 is 17.8 Å². The van der Waals surface area contributed by atoms with Crippen molar-refractivity contribution in [2.45, 2.75) is 11.6 Å². The first-order valence-corrected chi connectivity index (χ1v) is 8.78. The number of benzene rings is 1. The minimum atomic E-state index is -4.50. The first-order valence-electron chi connectivity index (χ1n) is 6.85. The zero-order chi connectivity index (χ0) is 16.4. The van der Waals surface area contributed by atoms with E-state index in [1.807, 2.05) is 17.5 Å². The summed E-state index contributed by atoms with van der Waals surface area (Å²) < 4.78 is 39.0. The molecule has 0 spiro atoms. The lowest BCUT2D eigenvalue weighted by Gasteiger charge is -2.24. The van der Waals surface area contributed by atoms with Crippen LogP contribution < -0.4 is 5.32 Å². The Hall–Kier alpha value is -1.67. The predicted octanol–water partition coefficient (Wildman–Crippen LogP) is 5.05. The number of halogens is 3. The molecule has 1 N–H and O–H groups in total. The normalized spacial score (nSPS) is 18.2. The van der Waals surface area contributed by atoms with Crippen molar-refractivity contribution in [3.05, 3.63) is 52.2 Å². The number of nitrogens with one attached hydrogen (secondary N) is 1. The summed E-state index contributed by atoms with van der Waals surface area (Å²) in [4.78, 5) is 15.0. The SMILES string of the molecule is O=C(Nc1ccccc1C(F)(F)F)N1CCSC1c1cccs1. The van der Waals surface area contributed by atoms with Gasteiger partial charge in [0.2, 0.25) is 0 Å². The molecule has 2 amide bonds. The van der Waals surface area contributed by atoms with Gasteiger partial charge in [-0.15, -0.1) is 23.1 Å². The molecule has 1 aliphatic rings. The van der Waals surface area contributed by atoms with Crippen molar-refractivity contribution in [3.8, 4) is 0 Å². The third-order valence-corrected chi connectivity index (χ3v) is 5.73. The number of thiophene rings is 1. The number of hydrogen-bond acceptors (Lipinski definition) is 3. The number of carbonyl (C=O) groups excluding carboxylic acids is 1. The standard InChI is InChI=1S/C15H13F3N2OS2/c16-15(17,18)10-4-1-2-5-11(10)19-14(21)20-7-9-23-13(20)12-6-3-8-22-12/h1-6,8,13H,7,9H2,(H,19,21). The van der Waals surface area contributed by atoms with Gasteiger partial charge in [0, 0.05) is 17.2 Å². The summed E-state index contributed by atoms with van der Waals surface area (Å²) in [6.07, 6.45) is -4.50. The maximum Gasteiger partial charge on any atom is 0.418 e. The molecule has 3 nitrogen and oxygen atoms in total. The van der Waals surface area contributed by atoms with E-state index in [0.717, 1.165) is 16.7 Å². The summed E-state index contributed by atoms with van der Waals surface area (Å²) in [5.41, 5.74) is -1.06. The maximum atomic E-state index is 13.0. The van der Waals surface area contributed by atoms with Gasteiger partial charge in [-0.2, -0.15) is 13.2 Å². The fourth-order valence-corrected chi connectivity index (χ4v) is 4.61. The van der Waals surface area contributed by atoms with Gasteiger partial charge in [0.05, 0.1) is 11.3 Å². The van der Waals surface area contributed by atoms with Gasteiger partial charge in [0.1, 0.15) is 5.37 Å². The molecule has 1 fully saturated rings. The molecule has 1 aromatic heterocycles. The topological polar surface area (TPSA) is 32.3 Å². The molecular weight excluding hydrogens is 345 g/mol. The van der Waals surface area contributed by atoms with Crippen LogP contribution >= 0.6 is 23.1 Å². The summed E-state index contributed by atoms with van der Waals surface area (Å²) in [6, 6.07) is 8.32. The fraction of sp³-hybridized carbons (Fsp3) is 0.267. The second kappa shape index (κ2) is 6.45. The number of anilines is 1. The fourth-order valence-electron chi connectivity index (χ4n) is 2.37. The minimum absolute atomic E-state index is 0.145. The second-order valence-electron chi connectivity index (χ2n) is 4.91. The van der Waals surface area contributed by atoms with Crippen LogP contribution in [0.3, 0.4) is 0 Å². The summed E-state index contributed by atoms with van der Waals surface area (Å²) >= 11 is 3.14. The molecule has 3 rings (SSSR count). The van der Waals surface area contributed by atoms with Gasteiger partial charge in [0.15, 0.2) is 0 Å². The number of rotatable bonds is 2. The Labute approximate surface area is 139 Å². The number of alkyl halides is 3. The van der Waals surface area contributed by atoms with Crippen LogP contribution in [0.2, 0.25) is 0 Å². The van der Waals surface area contributed by atoms with E-state index in [1.165, 1.54) is 29.5 Å². The van der Waals surface area contributed by atoms with Crippen LogP contribution in [-0.2, 0) is 6.18 Å². The van der Waals surface area contributed by atoms with E-state index in [9.17, 15) is 18.0 Å². The van der Waals surface area contributed by atoms with Gasteiger partial charge in [-0.3, -0.25) is 0 Å². The smallest absolute Gasteiger partial charge is 0.307 e. The predicted molar refractivity (Wildman–Crippen MR) is 86.7 cm³/mol. The van der Waals surface area contributed by atoms with Gasteiger partial charge in [-0.1, -0.05) is 18.2 Å². The summed E-state index contributed by atoms with van der Waals surface area (Å²) in [6.45, 7) is 0.507. The molecular formula is C15H13F3N2OS2. The van der Waals surface area contributed by atoms with E-state index in [4.69, 9.17) is 0 Å². The van der Waals surface area contributed by atoms with E-state index in [1.54, 1.807) is 16.7 Å². The third-order valence-electron chi connectivity index (χ3n) is 3.41. The summed E-state index contributed by atoms with van der Waals surface area (Å²) in [7, 11) is 0. The van der Waals surface area contributed by atoms with E-state index in [-0.39, 0.29) is 11.1 Å². The Bertz CT molecular complexity index is 688. The maximum absolute atomic E-state index is 13.0. The molecule has 0 saturated carbocycles. The molecule has 1 aromatic carbocycles. The Morgan fingerprint density at radius 3 is 2.70 bits per heavy atom. The average Bonchev–Trinajstić information content (AvgIpc) is 3.17. The quantitative estimate of drug-likeness (QED) is 0.815. The molecule has 122 valence electrons. The van der Waals surface area contributed by atoms with Crippen LogP contribution in [0.1, 0.15) is 15.8 Å². The first-order chi connectivity index (χ1) is 11.0. The van der Waals surface area contributed by atoms with Crippen LogP contribution in [-0.4, -0.2) is 23.2 Å². The van der Waals surface area contributed by atoms with Crippen molar-refractivity contribution in [2.75, 3.05) is 17.6 Å².